The number of aromatic amines is 1. The fraction of sp³-hybridized carbons (Fsp3) is 0.250. The topological polar surface area (TPSA) is 67.8 Å². The summed E-state index contributed by atoms with van der Waals surface area (Å²) in [5.41, 5.74) is -0.315. The molecule has 0 saturated carbocycles. The van der Waals surface area contributed by atoms with E-state index in [-0.39, 0.29) is 17.0 Å². The lowest BCUT2D eigenvalue weighted by Gasteiger charge is -2.09. The molecule has 1 aromatic heterocycles. The Morgan fingerprint density at radius 3 is 2.65 bits per heavy atom. The summed E-state index contributed by atoms with van der Waals surface area (Å²) >= 11 is 1.06. The van der Waals surface area contributed by atoms with Crippen molar-refractivity contribution in [2.75, 3.05) is 0 Å². The van der Waals surface area contributed by atoms with Gasteiger partial charge in [0, 0.05) is 12.6 Å². The van der Waals surface area contributed by atoms with Gasteiger partial charge in [-0.15, -0.1) is 5.10 Å². The number of ketones is 1. The van der Waals surface area contributed by atoms with Crippen LogP contribution in [0.15, 0.2) is 28.2 Å². The second-order valence-corrected chi connectivity index (χ2v) is 5.43. The molecule has 0 spiro atoms. The molecule has 0 aliphatic rings. The largest absolute Gasteiger partial charge is 0.343 e. The highest BCUT2D eigenvalue weighted by molar-refractivity contribution is 8.00. The number of aromatic nitrogens is 3. The number of hydrogen-bond donors (Lipinski definition) is 1. The number of rotatable bonds is 4. The fourth-order valence-corrected chi connectivity index (χ4v) is 2.43. The van der Waals surface area contributed by atoms with Gasteiger partial charge < -0.3 is 0 Å². The lowest BCUT2D eigenvalue weighted by atomic mass is 10.1. The summed E-state index contributed by atoms with van der Waals surface area (Å²) in [6.45, 7) is 1.60. The van der Waals surface area contributed by atoms with Crippen LogP contribution in [0.25, 0.3) is 0 Å². The highest BCUT2D eigenvalue weighted by Crippen LogP contribution is 2.23. The number of nitrogens with zero attached hydrogens (tertiary/aromatic N) is 2. The number of nitrogens with one attached hydrogen (secondary N) is 1. The Balaban J connectivity index is 2.18. The molecule has 1 N–H and O–H groups in total. The zero-order valence-electron chi connectivity index (χ0n) is 10.7. The molecule has 106 valence electrons. The summed E-state index contributed by atoms with van der Waals surface area (Å²) in [7, 11) is 1.52. The summed E-state index contributed by atoms with van der Waals surface area (Å²) in [4.78, 5) is 23.3. The third kappa shape index (κ3) is 2.79. The van der Waals surface area contributed by atoms with E-state index in [0.717, 1.165) is 23.9 Å². The van der Waals surface area contributed by atoms with Gasteiger partial charge in [0.05, 0.1) is 5.25 Å². The Labute approximate surface area is 117 Å². The van der Waals surface area contributed by atoms with Gasteiger partial charge in [-0.1, -0.05) is 11.8 Å². The second kappa shape index (κ2) is 5.58. The molecule has 0 saturated heterocycles. The average Bonchev–Trinajstić information content (AvgIpc) is 2.73. The van der Waals surface area contributed by atoms with Gasteiger partial charge in [-0.25, -0.2) is 18.7 Å². The number of benzene rings is 1. The fourth-order valence-electron chi connectivity index (χ4n) is 1.53. The van der Waals surface area contributed by atoms with Crippen molar-refractivity contribution < 1.29 is 13.6 Å². The van der Waals surface area contributed by atoms with E-state index in [1.165, 1.54) is 17.7 Å². The monoisotopic (exact) mass is 299 g/mol. The standard InChI is InChI=1S/C12H11F2N3O2S/c1-6(20-12-16-15-11(19)17(12)2)10(18)7-3-4-8(13)9(14)5-7/h3-6H,1-2H3,(H,15,19). The van der Waals surface area contributed by atoms with Crippen molar-refractivity contribution in [3.8, 4) is 0 Å². The van der Waals surface area contributed by atoms with Crippen molar-refractivity contribution in [3.63, 3.8) is 0 Å². The van der Waals surface area contributed by atoms with Crippen molar-refractivity contribution in [1.82, 2.24) is 14.8 Å². The maximum absolute atomic E-state index is 13.1. The van der Waals surface area contributed by atoms with Gasteiger partial charge in [-0.2, -0.15) is 0 Å². The molecular formula is C12H11F2N3O2S. The van der Waals surface area contributed by atoms with Crippen molar-refractivity contribution in [1.29, 1.82) is 0 Å². The minimum Gasteiger partial charge on any atom is -0.293 e. The molecule has 2 rings (SSSR count). The van der Waals surface area contributed by atoms with Crippen LogP contribution in [-0.4, -0.2) is 25.8 Å². The number of carbonyl (C=O) groups excluding carboxylic acids is 1. The molecule has 2 aromatic rings. The smallest absolute Gasteiger partial charge is 0.293 e. The number of Topliss-reactive ketones (excluding diaryl/α,β-unsaturated/α-hetero) is 1. The van der Waals surface area contributed by atoms with E-state index >= 15 is 0 Å². The van der Waals surface area contributed by atoms with Gasteiger partial charge in [0.1, 0.15) is 0 Å². The Morgan fingerprint density at radius 2 is 2.10 bits per heavy atom. The molecule has 0 fully saturated rings. The van der Waals surface area contributed by atoms with E-state index in [2.05, 4.69) is 10.2 Å². The van der Waals surface area contributed by atoms with Gasteiger partial charge >= 0.3 is 5.69 Å². The lowest BCUT2D eigenvalue weighted by molar-refractivity contribution is 0.0993. The molecular weight excluding hydrogens is 288 g/mol. The minimum absolute atomic E-state index is 0.0736. The van der Waals surface area contributed by atoms with Crippen LogP contribution in [0.2, 0.25) is 0 Å². The molecule has 1 heterocycles. The van der Waals surface area contributed by atoms with Crippen LogP contribution in [0.1, 0.15) is 17.3 Å². The van der Waals surface area contributed by atoms with Crippen molar-refractivity contribution in [2.24, 2.45) is 7.05 Å². The van der Waals surface area contributed by atoms with Crippen molar-refractivity contribution in [3.05, 3.63) is 45.9 Å². The molecule has 0 radical (unpaired) electrons. The van der Waals surface area contributed by atoms with Crippen LogP contribution in [0, 0.1) is 11.6 Å². The highest BCUT2D eigenvalue weighted by atomic mass is 32.2. The SMILES string of the molecule is CC(Sc1n[nH]c(=O)n1C)C(=O)c1ccc(F)c(F)c1. The van der Waals surface area contributed by atoms with Crippen LogP contribution in [0.3, 0.4) is 0 Å². The highest BCUT2D eigenvalue weighted by Gasteiger charge is 2.20. The predicted octanol–water partition coefficient (Wildman–Crippen LogP) is 1.75. The molecule has 1 aromatic carbocycles. The zero-order chi connectivity index (χ0) is 14.9. The minimum atomic E-state index is -1.07. The van der Waals surface area contributed by atoms with E-state index < -0.39 is 16.9 Å². The van der Waals surface area contributed by atoms with Gasteiger partial charge in [-0.3, -0.25) is 9.36 Å². The van der Waals surface area contributed by atoms with Gasteiger partial charge in [-0.05, 0) is 25.1 Å². The first-order valence-electron chi connectivity index (χ1n) is 5.67. The van der Waals surface area contributed by atoms with Gasteiger partial charge in [0.15, 0.2) is 22.6 Å². The normalized spacial score (nSPS) is 12.4. The van der Waals surface area contributed by atoms with Gasteiger partial charge in [0.25, 0.3) is 0 Å². The molecule has 0 aliphatic heterocycles. The van der Waals surface area contributed by atoms with Crippen LogP contribution >= 0.6 is 11.8 Å². The first-order valence-corrected chi connectivity index (χ1v) is 6.55. The quantitative estimate of drug-likeness (QED) is 0.690. The van der Waals surface area contributed by atoms with Crippen LogP contribution in [0.5, 0.6) is 0 Å². The molecule has 5 nitrogen and oxygen atoms in total. The molecule has 0 aliphatic carbocycles. The number of carbonyl (C=O) groups is 1. The molecule has 0 amide bonds. The molecule has 1 unspecified atom stereocenters. The molecule has 20 heavy (non-hydrogen) atoms. The Bertz CT molecular complexity index is 711. The predicted molar refractivity (Wildman–Crippen MR) is 69.8 cm³/mol. The van der Waals surface area contributed by atoms with E-state index in [9.17, 15) is 18.4 Å². The average molecular weight is 299 g/mol. The summed E-state index contributed by atoms with van der Waals surface area (Å²) in [6.07, 6.45) is 0. The van der Waals surface area contributed by atoms with E-state index in [0.29, 0.717) is 5.16 Å². The first-order chi connectivity index (χ1) is 9.40. The number of halogens is 2. The first kappa shape index (κ1) is 14.4. The Morgan fingerprint density at radius 1 is 1.40 bits per heavy atom. The number of hydrogen-bond acceptors (Lipinski definition) is 4. The van der Waals surface area contributed by atoms with Crippen molar-refractivity contribution >= 4 is 17.5 Å². The second-order valence-electron chi connectivity index (χ2n) is 4.12. The summed E-state index contributed by atoms with van der Waals surface area (Å²) in [5.74, 6) is -2.44. The summed E-state index contributed by atoms with van der Waals surface area (Å²) < 4.78 is 27.2. The third-order valence-corrected chi connectivity index (χ3v) is 3.84. The molecule has 0 bridgehead atoms. The Hall–Kier alpha value is -1.96. The maximum atomic E-state index is 13.1. The lowest BCUT2D eigenvalue weighted by Crippen LogP contribution is -2.17. The third-order valence-electron chi connectivity index (χ3n) is 2.69. The van der Waals surface area contributed by atoms with E-state index in [1.807, 2.05) is 0 Å². The van der Waals surface area contributed by atoms with E-state index in [4.69, 9.17) is 0 Å². The van der Waals surface area contributed by atoms with Crippen LogP contribution < -0.4 is 5.69 Å². The van der Waals surface area contributed by atoms with E-state index in [1.54, 1.807) is 6.92 Å². The number of H-pyrrole nitrogens is 1. The van der Waals surface area contributed by atoms with Gasteiger partial charge in [0.2, 0.25) is 0 Å². The Kier molecular flexibility index (Phi) is 4.03. The van der Waals surface area contributed by atoms with Crippen molar-refractivity contribution in [2.45, 2.75) is 17.3 Å². The maximum Gasteiger partial charge on any atom is 0.343 e. The zero-order valence-corrected chi connectivity index (χ0v) is 11.5. The summed E-state index contributed by atoms with van der Waals surface area (Å²) in [6, 6.07) is 2.99. The van der Waals surface area contributed by atoms with Crippen LogP contribution in [0.4, 0.5) is 8.78 Å². The summed E-state index contributed by atoms with van der Waals surface area (Å²) in [5, 5.41) is 5.78. The number of thioether (sulfide) groups is 1. The van der Waals surface area contributed by atoms with Crippen LogP contribution in [-0.2, 0) is 7.05 Å². The molecule has 1 atom stereocenters. The molecule has 8 heteroatoms.